The Balaban J connectivity index is 1.89. The van der Waals surface area contributed by atoms with Gasteiger partial charge in [0.2, 0.25) is 0 Å². The molecule has 0 saturated heterocycles. The molecule has 9 heteroatoms. The van der Waals surface area contributed by atoms with Crippen LogP contribution in [0.3, 0.4) is 0 Å². The molecular weight excluding hydrogens is 375 g/mol. The second-order valence-corrected chi connectivity index (χ2v) is 6.42. The number of rotatable bonds is 5. The van der Waals surface area contributed by atoms with Crippen LogP contribution in [0.5, 0.6) is 5.75 Å². The minimum atomic E-state index is -4.59. The van der Waals surface area contributed by atoms with Crippen LogP contribution in [-0.2, 0) is 11.0 Å². The van der Waals surface area contributed by atoms with Gasteiger partial charge in [0.05, 0.1) is 5.56 Å². The fourth-order valence-corrected chi connectivity index (χ4v) is 2.32. The summed E-state index contributed by atoms with van der Waals surface area (Å²) < 4.78 is 42.9. The molecule has 0 atom stereocenters. The molecule has 2 aromatic rings. The standard InChI is InChI=1S/C19H20F3N3O3/c1-11(2)14-6-4-12(3)8-15(14)28-10-17(26)24-25-18(27)13-5-7-16(23-9-13)19(20,21)22/h4-9,11H,10H2,1-3H3,(H,24,26)(H,25,27). The Hall–Kier alpha value is -3.10. The van der Waals surface area contributed by atoms with E-state index in [4.69, 9.17) is 4.74 Å². The molecule has 1 heterocycles. The monoisotopic (exact) mass is 395 g/mol. The smallest absolute Gasteiger partial charge is 0.433 e. The van der Waals surface area contributed by atoms with Gasteiger partial charge >= 0.3 is 6.18 Å². The van der Waals surface area contributed by atoms with Gasteiger partial charge in [0, 0.05) is 6.20 Å². The Morgan fingerprint density at radius 2 is 1.86 bits per heavy atom. The molecule has 1 aromatic heterocycles. The largest absolute Gasteiger partial charge is 0.483 e. The van der Waals surface area contributed by atoms with E-state index in [1.54, 1.807) is 0 Å². The highest BCUT2D eigenvalue weighted by Crippen LogP contribution is 2.28. The zero-order chi connectivity index (χ0) is 20.9. The SMILES string of the molecule is Cc1ccc(C(C)C)c(OCC(=O)NNC(=O)c2ccc(C(F)(F)F)nc2)c1. The summed E-state index contributed by atoms with van der Waals surface area (Å²) in [6.07, 6.45) is -3.81. The molecule has 0 fully saturated rings. The van der Waals surface area contributed by atoms with E-state index in [2.05, 4.69) is 15.8 Å². The second-order valence-electron chi connectivity index (χ2n) is 6.42. The third kappa shape index (κ3) is 5.70. The highest BCUT2D eigenvalue weighted by Gasteiger charge is 2.32. The third-order valence-corrected chi connectivity index (χ3v) is 3.78. The molecule has 6 nitrogen and oxygen atoms in total. The number of hydrogen-bond acceptors (Lipinski definition) is 4. The van der Waals surface area contributed by atoms with Gasteiger partial charge in [0.15, 0.2) is 6.61 Å². The van der Waals surface area contributed by atoms with Crippen molar-refractivity contribution in [3.63, 3.8) is 0 Å². The van der Waals surface area contributed by atoms with E-state index >= 15 is 0 Å². The Morgan fingerprint density at radius 3 is 2.43 bits per heavy atom. The second kappa shape index (κ2) is 8.73. The lowest BCUT2D eigenvalue weighted by atomic mass is 10.0. The zero-order valence-electron chi connectivity index (χ0n) is 15.6. The van der Waals surface area contributed by atoms with E-state index in [1.165, 1.54) is 0 Å². The molecular formula is C19H20F3N3O3. The topological polar surface area (TPSA) is 80.3 Å². The van der Waals surface area contributed by atoms with Crippen molar-refractivity contribution in [2.45, 2.75) is 32.9 Å². The van der Waals surface area contributed by atoms with Crippen LogP contribution in [0.15, 0.2) is 36.5 Å². The van der Waals surface area contributed by atoms with Crippen LogP contribution in [0.4, 0.5) is 13.2 Å². The lowest BCUT2D eigenvalue weighted by Crippen LogP contribution is -2.43. The van der Waals surface area contributed by atoms with Gasteiger partial charge in [-0.2, -0.15) is 13.2 Å². The number of nitrogens with one attached hydrogen (secondary N) is 2. The molecule has 150 valence electrons. The Bertz CT molecular complexity index is 850. The summed E-state index contributed by atoms with van der Waals surface area (Å²) >= 11 is 0. The van der Waals surface area contributed by atoms with Gasteiger partial charge in [-0.3, -0.25) is 25.4 Å². The van der Waals surface area contributed by atoms with Crippen LogP contribution in [0.25, 0.3) is 0 Å². The van der Waals surface area contributed by atoms with E-state index in [0.29, 0.717) is 11.8 Å². The molecule has 0 radical (unpaired) electrons. The number of nitrogens with zero attached hydrogens (tertiary/aromatic N) is 1. The molecule has 0 unspecified atom stereocenters. The third-order valence-electron chi connectivity index (χ3n) is 3.78. The van der Waals surface area contributed by atoms with Gasteiger partial charge in [-0.1, -0.05) is 26.0 Å². The first-order valence-corrected chi connectivity index (χ1v) is 8.43. The molecule has 28 heavy (non-hydrogen) atoms. The van der Waals surface area contributed by atoms with Crippen LogP contribution < -0.4 is 15.6 Å². The number of carbonyl (C=O) groups is 2. The summed E-state index contributed by atoms with van der Waals surface area (Å²) in [7, 11) is 0. The first kappa shape index (κ1) is 21.2. The van der Waals surface area contributed by atoms with Gasteiger partial charge in [-0.25, -0.2) is 0 Å². The molecule has 0 aliphatic carbocycles. The van der Waals surface area contributed by atoms with Gasteiger partial charge in [0.25, 0.3) is 11.8 Å². The highest BCUT2D eigenvalue weighted by molar-refractivity contribution is 5.95. The summed E-state index contributed by atoms with van der Waals surface area (Å²) in [5.74, 6) is -0.647. The van der Waals surface area contributed by atoms with Crippen LogP contribution in [0, 0.1) is 6.92 Å². The number of pyridine rings is 1. The number of aryl methyl sites for hydroxylation is 1. The van der Waals surface area contributed by atoms with Crippen molar-refractivity contribution >= 4 is 11.8 Å². The average Bonchev–Trinajstić information content (AvgIpc) is 2.63. The summed E-state index contributed by atoms with van der Waals surface area (Å²) in [5, 5.41) is 0. The Morgan fingerprint density at radius 1 is 1.14 bits per heavy atom. The van der Waals surface area contributed by atoms with Crippen LogP contribution in [0.2, 0.25) is 0 Å². The Kier molecular flexibility index (Phi) is 6.61. The minimum Gasteiger partial charge on any atom is -0.483 e. The summed E-state index contributed by atoms with van der Waals surface area (Å²) in [4.78, 5) is 27.0. The van der Waals surface area contributed by atoms with Crippen molar-refractivity contribution in [3.05, 3.63) is 58.9 Å². The van der Waals surface area contributed by atoms with E-state index < -0.39 is 23.7 Å². The predicted octanol–water partition coefficient (Wildman–Crippen LogP) is 3.37. The molecule has 0 aliphatic rings. The Labute approximate surface area is 160 Å². The van der Waals surface area contributed by atoms with Crippen molar-refractivity contribution in [3.8, 4) is 5.75 Å². The van der Waals surface area contributed by atoms with Gasteiger partial charge in [-0.15, -0.1) is 0 Å². The van der Waals surface area contributed by atoms with Gasteiger partial charge in [0.1, 0.15) is 11.4 Å². The van der Waals surface area contributed by atoms with Crippen molar-refractivity contribution < 1.29 is 27.5 Å². The van der Waals surface area contributed by atoms with E-state index in [9.17, 15) is 22.8 Å². The van der Waals surface area contributed by atoms with Crippen LogP contribution in [-0.4, -0.2) is 23.4 Å². The predicted molar refractivity (Wildman–Crippen MR) is 95.6 cm³/mol. The number of ether oxygens (including phenoxy) is 1. The van der Waals surface area contributed by atoms with Crippen LogP contribution >= 0.6 is 0 Å². The van der Waals surface area contributed by atoms with Crippen molar-refractivity contribution in [1.29, 1.82) is 0 Å². The van der Waals surface area contributed by atoms with Gasteiger partial charge in [-0.05, 0) is 42.2 Å². The molecule has 0 aliphatic heterocycles. The molecule has 2 N–H and O–H groups in total. The number of hydrazine groups is 1. The molecule has 1 aromatic carbocycles. The summed E-state index contributed by atoms with van der Waals surface area (Å²) in [6, 6.07) is 7.34. The van der Waals surface area contributed by atoms with Gasteiger partial charge < -0.3 is 4.74 Å². The number of hydrogen-bond donors (Lipinski definition) is 2. The fourth-order valence-electron chi connectivity index (χ4n) is 2.32. The maximum Gasteiger partial charge on any atom is 0.433 e. The quantitative estimate of drug-likeness (QED) is 0.761. The molecule has 0 bridgehead atoms. The number of aromatic nitrogens is 1. The minimum absolute atomic E-state index is 0.130. The van der Waals surface area contributed by atoms with Crippen LogP contribution in [0.1, 0.15) is 46.9 Å². The molecule has 2 rings (SSSR count). The highest BCUT2D eigenvalue weighted by atomic mass is 19.4. The normalized spacial score (nSPS) is 11.2. The first-order valence-electron chi connectivity index (χ1n) is 8.43. The average molecular weight is 395 g/mol. The molecule has 0 spiro atoms. The maximum atomic E-state index is 12.5. The van der Waals surface area contributed by atoms with Crippen molar-refractivity contribution in [1.82, 2.24) is 15.8 Å². The summed E-state index contributed by atoms with van der Waals surface area (Å²) in [6.45, 7) is 5.55. The maximum absolute atomic E-state index is 12.5. The van der Waals surface area contributed by atoms with E-state index in [1.807, 2.05) is 39.0 Å². The number of benzene rings is 1. The number of amides is 2. The number of carbonyl (C=O) groups excluding carboxylic acids is 2. The molecule has 2 amide bonds. The van der Waals surface area contributed by atoms with E-state index in [-0.39, 0.29) is 18.1 Å². The lowest BCUT2D eigenvalue weighted by Gasteiger charge is -2.15. The van der Waals surface area contributed by atoms with E-state index in [0.717, 1.165) is 23.4 Å². The van der Waals surface area contributed by atoms with Crippen molar-refractivity contribution in [2.24, 2.45) is 0 Å². The summed E-state index contributed by atoms with van der Waals surface area (Å²) in [5.41, 5.74) is 4.93. The first-order chi connectivity index (χ1) is 13.1. The van der Waals surface area contributed by atoms with Crippen molar-refractivity contribution in [2.75, 3.05) is 6.61 Å². The molecule has 0 saturated carbocycles. The number of alkyl halides is 3. The number of halogens is 3. The fraction of sp³-hybridized carbons (Fsp3) is 0.316. The zero-order valence-corrected chi connectivity index (χ0v) is 15.6. The lowest BCUT2D eigenvalue weighted by molar-refractivity contribution is -0.141.